The van der Waals surface area contributed by atoms with Crippen molar-refractivity contribution in [2.45, 2.75) is 85.0 Å². The summed E-state index contributed by atoms with van der Waals surface area (Å²) in [5, 5.41) is 0.215. The Hall–Kier alpha value is 0.137. The molecular formula is C13H30O2Si. The molecule has 2 nitrogen and oxygen atoms in total. The van der Waals surface area contributed by atoms with Gasteiger partial charge in [0.25, 0.3) is 0 Å². The molecule has 0 aliphatic rings. The van der Waals surface area contributed by atoms with Crippen LogP contribution in [0, 0.1) is 0 Å². The van der Waals surface area contributed by atoms with E-state index in [9.17, 15) is 0 Å². The van der Waals surface area contributed by atoms with Gasteiger partial charge in [0, 0.05) is 17.2 Å². The van der Waals surface area contributed by atoms with E-state index >= 15 is 0 Å². The van der Waals surface area contributed by atoms with Crippen molar-refractivity contribution in [1.29, 1.82) is 0 Å². The Labute approximate surface area is 104 Å². The van der Waals surface area contributed by atoms with Crippen LogP contribution in [0.1, 0.15) is 67.7 Å². The number of hydrogen-bond donors (Lipinski definition) is 0. The molecule has 0 aliphatic heterocycles. The molecule has 0 aromatic rings. The summed E-state index contributed by atoms with van der Waals surface area (Å²) in [7, 11) is -1.59. The minimum Gasteiger partial charge on any atom is -0.393 e. The summed E-state index contributed by atoms with van der Waals surface area (Å²) in [4.78, 5) is 0. The zero-order chi connectivity index (χ0) is 12.8. The van der Waals surface area contributed by atoms with Crippen molar-refractivity contribution in [2.75, 3.05) is 0 Å². The number of hydrogen-bond acceptors (Lipinski definition) is 2. The largest absolute Gasteiger partial charge is 0.393 e. The first kappa shape index (κ1) is 16.1. The molecule has 0 spiro atoms. The lowest BCUT2D eigenvalue weighted by atomic mass is 10.1. The van der Waals surface area contributed by atoms with E-state index < -0.39 is 9.28 Å². The van der Waals surface area contributed by atoms with Gasteiger partial charge in [-0.3, -0.25) is 0 Å². The second-order valence-electron chi connectivity index (χ2n) is 5.38. The quantitative estimate of drug-likeness (QED) is 0.602. The van der Waals surface area contributed by atoms with Crippen molar-refractivity contribution >= 4 is 9.28 Å². The van der Waals surface area contributed by atoms with Crippen molar-refractivity contribution in [3.63, 3.8) is 0 Å². The van der Waals surface area contributed by atoms with Gasteiger partial charge in [0.15, 0.2) is 0 Å². The van der Waals surface area contributed by atoms with Gasteiger partial charge in [0.05, 0.1) is 0 Å². The summed E-state index contributed by atoms with van der Waals surface area (Å²) in [6.45, 7) is 15.4. The van der Waals surface area contributed by atoms with E-state index in [1.54, 1.807) is 0 Å². The van der Waals surface area contributed by atoms with Crippen molar-refractivity contribution in [3.8, 4) is 0 Å². The van der Waals surface area contributed by atoms with Gasteiger partial charge in [-0.05, 0) is 33.1 Å². The summed E-state index contributed by atoms with van der Waals surface area (Å²) in [6, 6.07) is 0. The summed E-state index contributed by atoms with van der Waals surface area (Å²) in [6.07, 6.45) is 3.90. The molecule has 0 bridgehead atoms. The van der Waals surface area contributed by atoms with Crippen LogP contribution in [0.5, 0.6) is 0 Å². The van der Waals surface area contributed by atoms with Gasteiger partial charge < -0.3 is 8.85 Å². The van der Waals surface area contributed by atoms with Gasteiger partial charge in [-0.25, -0.2) is 0 Å². The molecule has 0 aromatic heterocycles. The van der Waals surface area contributed by atoms with Gasteiger partial charge in [-0.1, -0.05) is 34.6 Å². The van der Waals surface area contributed by atoms with E-state index in [1.165, 1.54) is 0 Å². The van der Waals surface area contributed by atoms with E-state index in [4.69, 9.17) is 8.85 Å². The van der Waals surface area contributed by atoms with Crippen LogP contribution in [0.3, 0.4) is 0 Å². The maximum atomic E-state index is 6.14. The van der Waals surface area contributed by atoms with E-state index in [2.05, 4.69) is 48.5 Å². The molecule has 2 atom stereocenters. The molecule has 0 saturated heterocycles. The van der Waals surface area contributed by atoms with Crippen LogP contribution in [0.25, 0.3) is 0 Å². The molecule has 0 N–H and O–H groups in total. The van der Waals surface area contributed by atoms with Crippen LogP contribution in [0.2, 0.25) is 5.04 Å². The predicted molar refractivity (Wildman–Crippen MR) is 73.2 cm³/mol. The highest BCUT2D eigenvalue weighted by Crippen LogP contribution is 2.34. The van der Waals surface area contributed by atoms with Crippen LogP contribution >= 0.6 is 0 Å². The van der Waals surface area contributed by atoms with Crippen LogP contribution in [0.4, 0.5) is 0 Å². The topological polar surface area (TPSA) is 18.5 Å². The third kappa shape index (κ3) is 5.46. The molecule has 0 aromatic carbocycles. The van der Waals surface area contributed by atoms with E-state index in [0.717, 1.165) is 19.3 Å². The Morgan fingerprint density at radius 1 is 0.938 bits per heavy atom. The zero-order valence-electron chi connectivity index (χ0n) is 12.2. The van der Waals surface area contributed by atoms with Gasteiger partial charge in [-0.2, -0.15) is 0 Å². The van der Waals surface area contributed by atoms with E-state index in [1.807, 2.05) is 0 Å². The lowest BCUT2D eigenvalue weighted by Crippen LogP contribution is -2.39. The fraction of sp³-hybridized carbons (Fsp3) is 1.00. The first-order valence-corrected chi connectivity index (χ1v) is 8.20. The lowest BCUT2D eigenvalue weighted by molar-refractivity contribution is 0.0947. The van der Waals surface area contributed by atoms with Gasteiger partial charge in [-0.15, -0.1) is 0 Å². The minimum absolute atomic E-state index is 0.215. The van der Waals surface area contributed by atoms with E-state index in [0.29, 0.717) is 12.2 Å². The maximum absolute atomic E-state index is 6.14. The van der Waals surface area contributed by atoms with Crippen LogP contribution in [-0.4, -0.2) is 21.5 Å². The van der Waals surface area contributed by atoms with Crippen molar-refractivity contribution in [3.05, 3.63) is 0 Å². The molecule has 2 unspecified atom stereocenters. The predicted octanol–water partition coefficient (Wildman–Crippen LogP) is 4.03. The first-order valence-electron chi connectivity index (χ1n) is 6.68. The zero-order valence-corrected chi connectivity index (χ0v) is 13.3. The highest BCUT2D eigenvalue weighted by Gasteiger charge is 2.35. The van der Waals surface area contributed by atoms with Crippen LogP contribution in [0.15, 0.2) is 0 Å². The van der Waals surface area contributed by atoms with Gasteiger partial charge >= 0.3 is 9.28 Å². The highest BCUT2D eigenvalue weighted by atomic mass is 28.3. The minimum atomic E-state index is -1.59. The molecule has 0 heterocycles. The lowest BCUT2D eigenvalue weighted by Gasteiger charge is -2.34. The summed E-state index contributed by atoms with van der Waals surface area (Å²) >= 11 is 0. The third-order valence-electron chi connectivity index (χ3n) is 3.41. The standard InChI is InChI=1S/C13H30O2Si/c1-8-11(4)14-16(13(6,7)10-3)15-12(5)9-2/h11-12,16H,8-10H2,1-7H3. The first-order chi connectivity index (χ1) is 7.37. The summed E-state index contributed by atoms with van der Waals surface area (Å²) < 4.78 is 12.3. The highest BCUT2D eigenvalue weighted by molar-refractivity contribution is 6.48. The van der Waals surface area contributed by atoms with Crippen molar-refractivity contribution < 1.29 is 8.85 Å². The third-order valence-corrected chi connectivity index (χ3v) is 6.52. The molecule has 0 fully saturated rings. The monoisotopic (exact) mass is 246 g/mol. The second kappa shape index (κ2) is 7.46. The Balaban J connectivity index is 4.50. The normalized spacial score (nSPS) is 18.2. The van der Waals surface area contributed by atoms with E-state index in [-0.39, 0.29) is 5.04 Å². The molecule has 98 valence electrons. The van der Waals surface area contributed by atoms with Crippen LogP contribution in [-0.2, 0) is 8.85 Å². The molecule has 3 heteroatoms. The molecule has 0 radical (unpaired) electrons. The molecule has 0 rings (SSSR count). The van der Waals surface area contributed by atoms with Crippen molar-refractivity contribution in [2.24, 2.45) is 0 Å². The summed E-state index contributed by atoms with van der Waals surface area (Å²) in [5.74, 6) is 0. The van der Waals surface area contributed by atoms with Crippen LogP contribution < -0.4 is 0 Å². The molecule has 0 saturated carbocycles. The average molecular weight is 246 g/mol. The molecular weight excluding hydrogens is 216 g/mol. The molecule has 0 aliphatic carbocycles. The Kier molecular flexibility index (Phi) is 7.52. The van der Waals surface area contributed by atoms with Gasteiger partial charge in [0.2, 0.25) is 0 Å². The Morgan fingerprint density at radius 3 is 1.56 bits per heavy atom. The average Bonchev–Trinajstić information content (AvgIpc) is 2.27. The summed E-state index contributed by atoms with van der Waals surface area (Å²) in [5.41, 5.74) is 0. The van der Waals surface area contributed by atoms with Crippen molar-refractivity contribution in [1.82, 2.24) is 0 Å². The maximum Gasteiger partial charge on any atom is 0.327 e. The fourth-order valence-corrected chi connectivity index (χ4v) is 3.54. The Bertz CT molecular complexity index is 171. The fourth-order valence-electron chi connectivity index (χ4n) is 1.18. The Morgan fingerprint density at radius 2 is 1.31 bits per heavy atom. The van der Waals surface area contributed by atoms with Gasteiger partial charge in [0.1, 0.15) is 0 Å². The smallest absolute Gasteiger partial charge is 0.327 e. The second-order valence-corrected chi connectivity index (χ2v) is 8.16. The molecule has 16 heavy (non-hydrogen) atoms. The number of rotatable bonds is 8. The molecule has 0 amide bonds. The SMILES string of the molecule is CCC(C)O[SiH](OC(C)CC)C(C)(C)CC.